The molecule has 1 fully saturated rings. The lowest BCUT2D eigenvalue weighted by atomic mass is 9.92. The SMILES string of the molecule is COCCN1CC(C(=O)N(C)CC(C)(C)CN)CC1=O. The summed E-state index contributed by atoms with van der Waals surface area (Å²) in [6, 6.07) is 0. The number of hydrogen-bond acceptors (Lipinski definition) is 4. The molecule has 2 amide bonds. The number of ether oxygens (including phenoxy) is 1. The largest absolute Gasteiger partial charge is 0.383 e. The zero-order chi connectivity index (χ0) is 15.3. The van der Waals surface area contributed by atoms with Crippen molar-refractivity contribution in [3.63, 3.8) is 0 Å². The number of nitrogens with zero attached hydrogens (tertiary/aromatic N) is 2. The molecule has 1 saturated heterocycles. The van der Waals surface area contributed by atoms with Gasteiger partial charge in [0.25, 0.3) is 0 Å². The van der Waals surface area contributed by atoms with Gasteiger partial charge in [-0.15, -0.1) is 0 Å². The molecular formula is C14H27N3O3. The van der Waals surface area contributed by atoms with E-state index in [0.29, 0.717) is 39.2 Å². The van der Waals surface area contributed by atoms with Crippen LogP contribution in [0.4, 0.5) is 0 Å². The standard InChI is InChI=1S/C14H27N3O3/c1-14(2,9-15)10-16(3)13(19)11-7-12(18)17(8-11)5-6-20-4/h11H,5-10,15H2,1-4H3. The fraction of sp³-hybridized carbons (Fsp3) is 0.857. The third kappa shape index (κ3) is 4.45. The number of rotatable bonds is 7. The van der Waals surface area contributed by atoms with Crippen molar-refractivity contribution in [3.05, 3.63) is 0 Å². The molecule has 6 heteroatoms. The van der Waals surface area contributed by atoms with Gasteiger partial charge >= 0.3 is 0 Å². The number of hydrogen-bond donors (Lipinski definition) is 1. The van der Waals surface area contributed by atoms with Crippen LogP contribution in [0.15, 0.2) is 0 Å². The number of amides is 2. The number of carbonyl (C=O) groups is 2. The Morgan fingerprint density at radius 2 is 2.20 bits per heavy atom. The van der Waals surface area contributed by atoms with E-state index in [1.807, 2.05) is 13.8 Å². The Labute approximate surface area is 121 Å². The molecule has 0 saturated carbocycles. The Balaban J connectivity index is 2.54. The van der Waals surface area contributed by atoms with E-state index >= 15 is 0 Å². The van der Waals surface area contributed by atoms with Crippen molar-refractivity contribution in [1.29, 1.82) is 0 Å². The highest BCUT2D eigenvalue weighted by Gasteiger charge is 2.36. The summed E-state index contributed by atoms with van der Waals surface area (Å²) < 4.78 is 4.97. The van der Waals surface area contributed by atoms with Crippen LogP contribution in [-0.2, 0) is 14.3 Å². The molecule has 1 heterocycles. The second-order valence-electron chi connectivity index (χ2n) is 6.30. The number of methoxy groups -OCH3 is 1. The molecule has 0 spiro atoms. The molecule has 1 atom stereocenters. The maximum absolute atomic E-state index is 12.4. The first kappa shape index (κ1) is 16.9. The summed E-state index contributed by atoms with van der Waals surface area (Å²) in [7, 11) is 3.38. The Bertz CT molecular complexity index is 358. The summed E-state index contributed by atoms with van der Waals surface area (Å²) >= 11 is 0. The molecule has 0 aromatic rings. The highest BCUT2D eigenvalue weighted by atomic mass is 16.5. The highest BCUT2D eigenvalue weighted by molar-refractivity contribution is 5.89. The maximum Gasteiger partial charge on any atom is 0.227 e. The van der Waals surface area contributed by atoms with E-state index in [4.69, 9.17) is 10.5 Å². The zero-order valence-corrected chi connectivity index (χ0v) is 13.0. The van der Waals surface area contributed by atoms with Gasteiger partial charge < -0.3 is 20.3 Å². The van der Waals surface area contributed by atoms with Gasteiger partial charge in [-0.25, -0.2) is 0 Å². The van der Waals surface area contributed by atoms with Gasteiger partial charge in [-0.3, -0.25) is 9.59 Å². The van der Waals surface area contributed by atoms with E-state index in [1.54, 1.807) is 24.0 Å². The second kappa shape index (κ2) is 7.04. The lowest BCUT2D eigenvalue weighted by Crippen LogP contribution is -2.42. The molecular weight excluding hydrogens is 258 g/mol. The molecule has 1 unspecified atom stereocenters. The van der Waals surface area contributed by atoms with Gasteiger partial charge in [0, 0.05) is 40.2 Å². The fourth-order valence-electron chi connectivity index (χ4n) is 2.45. The molecule has 0 radical (unpaired) electrons. The Morgan fingerprint density at radius 3 is 2.75 bits per heavy atom. The van der Waals surface area contributed by atoms with Crippen LogP contribution in [0.1, 0.15) is 20.3 Å². The first-order valence-electron chi connectivity index (χ1n) is 7.02. The van der Waals surface area contributed by atoms with E-state index in [9.17, 15) is 9.59 Å². The van der Waals surface area contributed by atoms with Gasteiger partial charge in [0.05, 0.1) is 12.5 Å². The van der Waals surface area contributed by atoms with Crippen LogP contribution in [0.3, 0.4) is 0 Å². The first-order valence-corrected chi connectivity index (χ1v) is 7.02. The average Bonchev–Trinajstić information content (AvgIpc) is 2.76. The quantitative estimate of drug-likeness (QED) is 0.710. The van der Waals surface area contributed by atoms with E-state index in [1.165, 1.54) is 0 Å². The molecule has 0 bridgehead atoms. The minimum atomic E-state index is -0.238. The van der Waals surface area contributed by atoms with Crippen LogP contribution in [0.25, 0.3) is 0 Å². The molecule has 0 aromatic carbocycles. The van der Waals surface area contributed by atoms with Gasteiger partial charge in [-0.1, -0.05) is 13.8 Å². The van der Waals surface area contributed by atoms with Crippen LogP contribution in [0.5, 0.6) is 0 Å². The summed E-state index contributed by atoms with van der Waals surface area (Å²) in [6.07, 6.45) is 0.302. The normalized spacial score (nSPS) is 19.6. The molecule has 1 aliphatic heterocycles. The predicted octanol–water partition coefficient (Wildman–Crippen LogP) is -0.0754. The van der Waals surface area contributed by atoms with Crippen molar-refractivity contribution in [2.75, 3.05) is 46.9 Å². The Morgan fingerprint density at radius 1 is 1.55 bits per heavy atom. The minimum absolute atomic E-state index is 0.0276. The third-order valence-electron chi connectivity index (χ3n) is 3.72. The topological polar surface area (TPSA) is 75.9 Å². The number of likely N-dealkylation sites (tertiary alicyclic amines) is 1. The predicted molar refractivity (Wildman–Crippen MR) is 77.0 cm³/mol. The summed E-state index contributed by atoms with van der Waals surface area (Å²) in [4.78, 5) is 27.6. The van der Waals surface area contributed by atoms with Crippen molar-refractivity contribution in [3.8, 4) is 0 Å². The molecule has 2 N–H and O–H groups in total. The second-order valence-corrected chi connectivity index (χ2v) is 6.30. The fourth-order valence-corrected chi connectivity index (χ4v) is 2.45. The van der Waals surface area contributed by atoms with E-state index < -0.39 is 0 Å². The van der Waals surface area contributed by atoms with E-state index in [-0.39, 0.29) is 23.1 Å². The van der Waals surface area contributed by atoms with Crippen molar-refractivity contribution in [1.82, 2.24) is 9.80 Å². The molecule has 116 valence electrons. The first-order chi connectivity index (χ1) is 9.30. The van der Waals surface area contributed by atoms with Crippen molar-refractivity contribution < 1.29 is 14.3 Å². The van der Waals surface area contributed by atoms with Crippen LogP contribution < -0.4 is 5.73 Å². The maximum atomic E-state index is 12.4. The molecule has 6 nitrogen and oxygen atoms in total. The molecule has 0 aliphatic carbocycles. The lowest BCUT2D eigenvalue weighted by Gasteiger charge is -2.30. The third-order valence-corrected chi connectivity index (χ3v) is 3.72. The monoisotopic (exact) mass is 285 g/mol. The van der Waals surface area contributed by atoms with Crippen molar-refractivity contribution in [2.24, 2.45) is 17.1 Å². The highest BCUT2D eigenvalue weighted by Crippen LogP contribution is 2.21. The van der Waals surface area contributed by atoms with Gasteiger partial charge in [-0.2, -0.15) is 0 Å². The van der Waals surface area contributed by atoms with Gasteiger partial charge in [0.15, 0.2) is 0 Å². The number of nitrogens with two attached hydrogens (primary N) is 1. The van der Waals surface area contributed by atoms with E-state index in [2.05, 4.69) is 0 Å². The van der Waals surface area contributed by atoms with Crippen molar-refractivity contribution >= 4 is 11.8 Å². The summed E-state index contributed by atoms with van der Waals surface area (Å²) in [5, 5.41) is 0. The molecule has 20 heavy (non-hydrogen) atoms. The van der Waals surface area contributed by atoms with Crippen molar-refractivity contribution in [2.45, 2.75) is 20.3 Å². The number of carbonyl (C=O) groups excluding carboxylic acids is 2. The molecule has 0 aromatic heterocycles. The average molecular weight is 285 g/mol. The lowest BCUT2D eigenvalue weighted by molar-refractivity contribution is -0.135. The zero-order valence-electron chi connectivity index (χ0n) is 13.0. The van der Waals surface area contributed by atoms with Crippen LogP contribution in [-0.4, -0.2) is 68.6 Å². The molecule has 1 aliphatic rings. The van der Waals surface area contributed by atoms with Crippen LogP contribution in [0.2, 0.25) is 0 Å². The summed E-state index contributed by atoms with van der Waals surface area (Å²) in [5.74, 6) is -0.176. The summed E-state index contributed by atoms with van der Waals surface area (Å²) in [6.45, 7) is 6.73. The van der Waals surface area contributed by atoms with E-state index in [0.717, 1.165) is 0 Å². The minimum Gasteiger partial charge on any atom is -0.383 e. The smallest absolute Gasteiger partial charge is 0.227 e. The van der Waals surface area contributed by atoms with Gasteiger partial charge in [0.1, 0.15) is 0 Å². The molecule has 1 rings (SSSR count). The van der Waals surface area contributed by atoms with Gasteiger partial charge in [-0.05, 0) is 12.0 Å². The van der Waals surface area contributed by atoms with Gasteiger partial charge in [0.2, 0.25) is 11.8 Å². The summed E-state index contributed by atoms with van der Waals surface area (Å²) in [5.41, 5.74) is 5.58. The Kier molecular flexibility index (Phi) is 5.95. The van der Waals surface area contributed by atoms with Crippen LogP contribution >= 0.6 is 0 Å². The van der Waals surface area contributed by atoms with Crippen LogP contribution in [0, 0.1) is 11.3 Å². The Hall–Kier alpha value is -1.14.